The minimum absolute atomic E-state index is 0.137. The Morgan fingerprint density at radius 1 is 1.14 bits per heavy atom. The molecule has 0 saturated carbocycles. The molecule has 0 aliphatic carbocycles. The van der Waals surface area contributed by atoms with Crippen molar-refractivity contribution in [2.24, 2.45) is 0 Å². The van der Waals surface area contributed by atoms with Crippen LogP contribution in [0.5, 0.6) is 0 Å². The van der Waals surface area contributed by atoms with Gasteiger partial charge in [0.1, 0.15) is 5.60 Å². The topological polar surface area (TPSA) is 101 Å². The summed E-state index contributed by atoms with van der Waals surface area (Å²) in [5.74, 6) is -1.14. The smallest absolute Gasteiger partial charge is 0.338 e. The van der Waals surface area contributed by atoms with Crippen LogP contribution in [0, 0.1) is 0 Å². The minimum atomic E-state index is -0.665. The lowest BCUT2D eigenvalue weighted by Gasteiger charge is -2.23. The van der Waals surface area contributed by atoms with Gasteiger partial charge in [0.15, 0.2) is 5.01 Å². The molecule has 2 amide bonds. The summed E-state index contributed by atoms with van der Waals surface area (Å²) in [7, 11) is 0. The zero-order chi connectivity index (χ0) is 26.7. The lowest BCUT2D eigenvalue weighted by atomic mass is 10.1. The number of rotatable bonds is 7. The summed E-state index contributed by atoms with van der Waals surface area (Å²) in [5.41, 5.74) is 1.63. The molecule has 11 heteroatoms. The van der Waals surface area contributed by atoms with Gasteiger partial charge in [-0.1, -0.05) is 24.6 Å². The molecule has 2 aromatic heterocycles. The standard InChI is InChI=1S/C26H29ClN4O4S2/c1-5-31-11-10-17-20(14-31)37-24(30-17)23(33)29-18-12-15(25(34)35-26(2,3)4)6-7-16(18)13-28-22(32)19-8-9-21(27)36-19/h6-9,12H,5,10-11,13-14H2,1-4H3,(H,28,32)(H,29,33). The fraction of sp³-hybridized carbons (Fsp3) is 0.385. The summed E-state index contributed by atoms with van der Waals surface area (Å²) in [6, 6.07) is 8.20. The molecule has 37 heavy (non-hydrogen) atoms. The average Bonchev–Trinajstić information content (AvgIpc) is 3.47. The Hall–Kier alpha value is -2.79. The molecule has 4 rings (SSSR count). The van der Waals surface area contributed by atoms with E-state index in [0.717, 1.165) is 36.6 Å². The third-order valence-electron chi connectivity index (χ3n) is 5.68. The molecule has 2 N–H and O–H groups in total. The second-order valence-corrected chi connectivity index (χ2v) is 12.4. The van der Waals surface area contributed by atoms with Gasteiger partial charge in [0.25, 0.3) is 11.8 Å². The first-order valence-electron chi connectivity index (χ1n) is 11.9. The molecule has 1 aliphatic heterocycles. The normalized spacial score (nSPS) is 13.6. The maximum atomic E-state index is 13.2. The first-order valence-corrected chi connectivity index (χ1v) is 14.0. The summed E-state index contributed by atoms with van der Waals surface area (Å²) < 4.78 is 6.02. The Labute approximate surface area is 229 Å². The highest BCUT2D eigenvalue weighted by Crippen LogP contribution is 2.27. The Balaban J connectivity index is 1.56. The Morgan fingerprint density at radius 3 is 2.59 bits per heavy atom. The number of likely N-dealkylation sites (N-methyl/N-ethyl adjacent to an activating group) is 1. The summed E-state index contributed by atoms with van der Waals surface area (Å²) in [4.78, 5) is 46.9. The number of aromatic nitrogens is 1. The zero-order valence-corrected chi connectivity index (χ0v) is 23.5. The number of carbonyl (C=O) groups excluding carboxylic acids is 3. The van der Waals surface area contributed by atoms with Crippen LogP contribution in [-0.2, 0) is 24.2 Å². The molecule has 0 unspecified atom stereocenters. The molecule has 3 heterocycles. The monoisotopic (exact) mass is 560 g/mol. The van der Waals surface area contributed by atoms with Gasteiger partial charge in [0.2, 0.25) is 0 Å². The van der Waals surface area contributed by atoms with Crippen molar-refractivity contribution in [1.29, 1.82) is 0 Å². The Kier molecular flexibility index (Phi) is 8.33. The molecule has 0 atom stereocenters. The quantitative estimate of drug-likeness (QED) is 0.377. The molecule has 0 fully saturated rings. The van der Waals surface area contributed by atoms with E-state index in [1.54, 1.807) is 51.1 Å². The molecule has 0 bridgehead atoms. The van der Waals surface area contributed by atoms with E-state index in [9.17, 15) is 14.4 Å². The van der Waals surface area contributed by atoms with E-state index in [-0.39, 0.29) is 18.4 Å². The van der Waals surface area contributed by atoms with E-state index in [2.05, 4.69) is 27.4 Å². The molecule has 8 nitrogen and oxygen atoms in total. The van der Waals surface area contributed by atoms with Gasteiger partial charge in [-0.15, -0.1) is 22.7 Å². The van der Waals surface area contributed by atoms with Crippen molar-refractivity contribution in [3.63, 3.8) is 0 Å². The molecular weight excluding hydrogens is 532 g/mol. The van der Waals surface area contributed by atoms with Crippen LogP contribution in [0.1, 0.15) is 73.7 Å². The van der Waals surface area contributed by atoms with Crippen LogP contribution >= 0.6 is 34.3 Å². The highest BCUT2D eigenvalue weighted by atomic mass is 35.5. The number of thiazole rings is 1. The van der Waals surface area contributed by atoms with Crippen molar-refractivity contribution in [2.75, 3.05) is 18.4 Å². The van der Waals surface area contributed by atoms with E-state index in [1.807, 2.05) is 0 Å². The van der Waals surface area contributed by atoms with Crippen LogP contribution in [0.15, 0.2) is 30.3 Å². The van der Waals surface area contributed by atoms with E-state index in [0.29, 0.717) is 31.0 Å². The number of esters is 1. The molecule has 3 aromatic rings. The highest BCUT2D eigenvalue weighted by molar-refractivity contribution is 7.18. The van der Waals surface area contributed by atoms with Crippen molar-refractivity contribution < 1.29 is 19.1 Å². The predicted molar refractivity (Wildman–Crippen MR) is 147 cm³/mol. The first-order chi connectivity index (χ1) is 17.5. The van der Waals surface area contributed by atoms with Gasteiger partial charge in [0.05, 0.1) is 20.5 Å². The number of ether oxygens (including phenoxy) is 1. The van der Waals surface area contributed by atoms with Crippen molar-refractivity contribution in [3.8, 4) is 0 Å². The molecule has 0 radical (unpaired) electrons. The van der Waals surface area contributed by atoms with Crippen LogP contribution in [-0.4, -0.2) is 46.4 Å². The van der Waals surface area contributed by atoms with Gasteiger partial charge in [-0.3, -0.25) is 14.5 Å². The summed E-state index contributed by atoms with van der Waals surface area (Å²) in [5, 5.41) is 6.12. The van der Waals surface area contributed by atoms with Crippen molar-refractivity contribution in [2.45, 2.75) is 52.8 Å². The van der Waals surface area contributed by atoms with Crippen LogP contribution in [0.25, 0.3) is 0 Å². The first kappa shape index (κ1) is 27.3. The third-order valence-corrected chi connectivity index (χ3v) is 7.99. The number of benzene rings is 1. The van der Waals surface area contributed by atoms with Gasteiger partial charge >= 0.3 is 5.97 Å². The number of fused-ring (bicyclic) bond motifs is 1. The second-order valence-electron chi connectivity index (χ2n) is 9.62. The van der Waals surface area contributed by atoms with Crippen LogP contribution in [0.2, 0.25) is 4.34 Å². The van der Waals surface area contributed by atoms with Crippen LogP contribution in [0.3, 0.4) is 0 Å². The van der Waals surface area contributed by atoms with E-state index in [4.69, 9.17) is 16.3 Å². The number of carbonyl (C=O) groups is 3. The van der Waals surface area contributed by atoms with E-state index < -0.39 is 11.6 Å². The SMILES string of the molecule is CCN1CCc2nc(C(=O)Nc3cc(C(=O)OC(C)(C)C)ccc3CNC(=O)c3ccc(Cl)s3)sc2C1. The maximum absolute atomic E-state index is 13.2. The maximum Gasteiger partial charge on any atom is 0.338 e. The molecular formula is C26H29ClN4O4S2. The lowest BCUT2D eigenvalue weighted by Crippen LogP contribution is -2.29. The van der Waals surface area contributed by atoms with Gasteiger partial charge in [-0.05, 0) is 57.1 Å². The number of nitrogens with one attached hydrogen (secondary N) is 2. The van der Waals surface area contributed by atoms with Crippen molar-refractivity contribution in [3.05, 3.63) is 66.3 Å². The van der Waals surface area contributed by atoms with Crippen molar-refractivity contribution >= 4 is 57.7 Å². The number of amides is 2. The van der Waals surface area contributed by atoms with Crippen LogP contribution < -0.4 is 10.6 Å². The highest BCUT2D eigenvalue weighted by Gasteiger charge is 2.24. The fourth-order valence-electron chi connectivity index (χ4n) is 3.80. The summed E-state index contributed by atoms with van der Waals surface area (Å²) >= 11 is 8.52. The Bertz CT molecular complexity index is 1330. The zero-order valence-electron chi connectivity index (χ0n) is 21.1. The van der Waals surface area contributed by atoms with Gasteiger partial charge in [-0.2, -0.15) is 0 Å². The number of nitrogens with zero attached hydrogens (tertiary/aromatic N) is 2. The number of hydrogen-bond donors (Lipinski definition) is 2. The second kappa shape index (κ2) is 11.3. The third kappa shape index (κ3) is 6.95. The van der Waals surface area contributed by atoms with Crippen LogP contribution in [0.4, 0.5) is 5.69 Å². The molecule has 0 saturated heterocycles. The molecule has 196 valence electrons. The van der Waals surface area contributed by atoms with E-state index >= 15 is 0 Å². The largest absolute Gasteiger partial charge is 0.456 e. The number of thiophene rings is 1. The van der Waals surface area contributed by atoms with Crippen molar-refractivity contribution in [1.82, 2.24) is 15.2 Å². The van der Waals surface area contributed by atoms with Gasteiger partial charge in [0, 0.05) is 36.6 Å². The molecule has 0 spiro atoms. The minimum Gasteiger partial charge on any atom is -0.456 e. The number of anilines is 1. The van der Waals surface area contributed by atoms with E-state index in [1.165, 1.54) is 22.7 Å². The summed E-state index contributed by atoms with van der Waals surface area (Å²) in [6.07, 6.45) is 0.811. The van der Waals surface area contributed by atoms with Gasteiger partial charge < -0.3 is 15.4 Å². The van der Waals surface area contributed by atoms with Gasteiger partial charge in [-0.25, -0.2) is 9.78 Å². The number of halogens is 1. The summed E-state index contributed by atoms with van der Waals surface area (Å²) in [6.45, 7) is 10.3. The Morgan fingerprint density at radius 2 is 1.92 bits per heavy atom. The number of hydrogen-bond acceptors (Lipinski definition) is 8. The molecule has 1 aliphatic rings. The molecule has 1 aromatic carbocycles. The lowest BCUT2D eigenvalue weighted by molar-refractivity contribution is 0.00692. The predicted octanol–water partition coefficient (Wildman–Crippen LogP) is 5.37. The fourth-order valence-corrected chi connectivity index (χ4v) is 5.81. The average molecular weight is 561 g/mol.